The summed E-state index contributed by atoms with van der Waals surface area (Å²) in [6, 6.07) is 6.40. The first-order valence-corrected chi connectivity index (χ1v) is 5.48. The number of aromatic nitrogens is 3. The van der Waals surface area contributed by atoms with Gasteiger partial charge in [0.15, 0.2) is 0 Å². The fourth-order valence-corrected chi connectivity index (χ4v) is 1.63. The zero-order valence-corrected chi connectivity index (χ0v) is 9.85. The Morgan fingerprint density at radius 2 is 2.37 bits per heavy atom. The molecule has 0 bridgehead atoms. The van der Waals surface area contributed by atoms with E-state index in [0.29, 0.717) is 18.8 Å². The Hall–Kier alpha value is -2.95. The number of rotatable bonds is 5. The van der Waals surface area contributed by atoms with Crippen molar-refractivity contribution in [1.29, 1.82) is 5.26 Å². The molecule has 0 aliphatic heterocycles. The summed E-state index contributed by atoms with van der Waals surface area (Å²) in [6.45, 7) is 0.965. The van der Waals surface area contributed by atoms with Crippen molar-refractivity contribution in [2.75, 3.05) is 11.9 Å². The number of nitrogens with one attached hydrogen (secondary N) is 1. The van der Waals surface area contributed by atoms with Crippen LogP contribution in [0.15, 0.2) is 30.6 Å². The third-order valence-electron chi connectivity index (χ3n) is 2.47. The minimum absolute atomic E-state index is 0.0377. The minimum Gasteiger partial charge on any atom is -0.378 e. The van der Waals surface area contributed by atoms with Gasteiger partial charge in [0.2, 0.25) is 0 Å². The molecule has 8 nitrogen and oxygen atoms in total. The van der Waals surface area contributed by atoms with Crippen LogP contribution in [0.4, 0.5) is 11.4 Å². The zero-order valence-electron chi connectivity index (χ0n) is 9.85. The van der Waals surface area contributed by atoms with Gasteiger partial charge in [0.1, 0.15) is 17.3 Å². The Kier molecular flexibility index (Phi) is 3.68. The molecule has 1 aromatic heterocycles. The lowest BCUT2D eigenvalue weighted by atomic mass is 10.1. The van der Waals surface area contributed by atoms with Crippen LogP contribution in [0, 0.1) is 21.4 Å². The molecule has 0 spiro atoms. The van der Waals surface area contributed by atoms with Crippen LogP contribution in [0.25, 0.3) is 0 Å². The van der Waals surface area contributed by atoms with Crippen molar-refractivity contribution in [3.8, 4) is 6.07 Å². The van der Waals surface area contributed by atoms with Gasteiger partial charge in [0.25, 0.3) is 0 Å². The lowest BCUT2D eigenvalue weighted by molar-refractivity contribution is -0.384. The van der Waals surface area contributed by atoms with Crippen LogP contribution < -0.4 is 5.32 Å². The smallest absolute Gasteiger partial charge is 0.309 e. The van der Waals surface area contributed by atoms with Gasteiger partial charge in [0, 0.05) is 12.7 Å². The van der Waals surface area contributed by atoms with Crippen molar-refractivity contribution in [2.45, 2.75) is 6.54 Å². The third kappa shape index (κ3) is 2.84. The van der Waals surface area contributed by atoms with E-state index in [2.05, 4.69) is 15.6 Å². The lowest BCUT2D eigenvalue weighted by Crippen LogP contribution is -2.12. The van der Waals surface area contributed by atoms with Gasteiger partial charge < -0.3 is 5.32 Å². The van der Waals surface area contributed by atoms with Crippen LogP contribution in [0.2, 0.25) is 0 Å². The standard InChI is InChI=1S/C11H10N6O2/c12-8-9-2-1-3-10(11(9)17(18)19)13-4-6-16-7-5-14-15-16/h1-3,5,7,13H,4,6H2. The van der Waals surface area contributed by atoms with E-state index in [1.807, 2.05) is 6.07 Å². The predicted molar refractivity (Wildman–Crippen MR) is 66.3 cm³/mol. The Morgan fingerprint density at radius 3 is 3.00 bits per heavy atom. The molecule has 19 heavy (non-hydrogen) atoms. The fraction of sp³-hybridized carbons (Fsp3) is 0.182. The van der Waals surface area contributed by atoms with Crippen LogP contribution in [-0.4, -0.2) is 26.5 Å². The number of anilines is 1. The van der Waals surface area contributed by atoms with E-state index < -0.39 is 4.92 Å². The monoisotopic (exact) mass is 258 g/mol. The molecule has 8 heteroatoms. The average Bonchev–Trinajstić information content (AvgIpc) is 2.91. The molecule has 0 aliphatic rings. The third-order valence-corrected chi connectivity index (χ3v) is 2.47. The summed E-state index contributed by atoms with van der Waals surface area (Å²) >= 11 is 0. The number of hydrogen-bond donors (Lipinski definition) is 1. The number of nitro groups is 1. The highest BCUT2D eigenvalue weighted by Gasteiger charge is 2.18. The summed E-state index contributed by atoms with van der Waals surface area (Å²) in [4.78, 5) is 10.4. The Balaban J connectivity index is 2.12. The average molecular weight is 258 g/mol. The van der Waals surface area contributed by atoms with Crippen LogP contribution in [-0.2, 0) is 6.54 Å². The van der Waals surface area contributed by atoms with Gasteiger partial charge >= 0.3 is 5.69 Å². The lowest BCUT2D eigenvalue weighted by Gasteiger charge is -2.07. The molecule has 2 rings (SSSR count). The van der Waals surface area contributed by atoms with E-state index in [0.717, 1.165) is 0 Å². The second-order valence-corrected chi connectivity index (χ2v) is 3.66. The van der Waals surface area contributed by atoms with Gasteiger partial charge in [-0.2, -0.15) is 5.26 Å². The molecule has 1 aromatic carbocycles. The largest absolute Gasteiger partial charge is 0.378 e. The molecule has 1 N–H and O–H groups in total. The highest BCUT2D eigenvalue weighted by atomic mass is 16.6. The van der Waals surface area contributed by atoms with Gasteiger partial charge in [-0.3, -0.25) is 14.8 Å². The highest BCUT2D eigenvalue weighted by molar-refractivity contribution is 5.68. The summed E-state index contributed by atoms with van der Waals surface area (Å²) in [5.41, 5.74) is 0.156. The summed E-state index contributed by atoms with van der Waals surface area (Å²) < 4.78 is 1.60. The Bertz CT molecular complexity index is 617. The van der Waals surface area contributed by atoms with Crippen molar-refractivity contribution in [3.05, 3.63) is 46.3 Å². The molecule has 0 atom stereocenters. The number of nitro benzene ring substituents is 1. The number of para-hydroxylation sites is 1. The molecule has 0 radical (unpaired) electrons. The molecule has 96 valence electrons. The van der Waals surface area contributed by atoms with Crippen molar-refractivity contribution in [3.63, 3.8) is 0 Å². The molecule has 0 saturated carbocycles. The van der Waals surface area contributed by atoms with Crippen molar-refractivity contribution in [2.24, 2.45) is 0 Å². The normalized spacial score (nSPS) is 9.84. The quantitative estimate of drug-likeness (QED) is 0.636. The summed E-state index contributed by atoms with van der Waals surface area (Å²) in [5, 5.41) is 30.2. The highest BCUT2D eigenvalue weighted by Crippen LogP contribution is 2.27. The summed E-state index contributed by atoms with van der Waals surface area (Å²) in [6.07, 6.45) is 3.25. The van der Waals surface area contributed by atoms with Crippen molar-refractivity contribution >= 4 is 11.4 Å². The molecule has 0 unspecified atom stereocenters. The van der Waals surface area contributed by atoms with E-state index in [9.17, 15) is 10.1 Å². The maximum absolute atomic E-state index is 11.0. The van der Waals surface area contributed by atoms with Crippen molar-refractivity contribution < 1.29 is 4.92 Å². The number of nitrogens with zero attached hydrogens (tertiary/aromatic N) is 5. The number of nitriles is 1. The maximum atomic E-state index is 11.0. The summed E-state index contributed by atoms with van der Waals surface area (Å²) in [5.74, 6) is 0. The van der Waals surface area contributed by atoms with Crippen LogP contribution in [0.5, 0.6) is 0 Å². The second-order valence-electron chi connectivity index (χ2n) is 3.66. The first-order chi connectivity index (χ1) is 9.22. The molecular formula is C11H10N6O2. The van der Waals surface area contributed by atoms with Crippen LogP contribution >= 0.6 is 0 Å². The topological polar surface area (TPSA) is 110 Å². The van der Waals surface area contributed by atoms with Gasteiger partial charge in [-0.05, 0) is 12.1 Å². The first kappa shape index (κ1) is 12.5. The molecule has 1 heterocycles. The predicted octanol–water partition coefficient (Wildman–Crippen LogP) is 1.17. The van der Waals surface area contributed by atoms with E-state index in [1.54, 1.807) is 29.2 Å². The molecule has 0 saturated heterocycles. The molecule has 0 aliphatic carbocycles. The fourth-order valence-electron chi connectivity index (χ4n) is 1.63. The van der Waals surface area contributed by atoms with Crippen LogP contribution in [0.1, 0.15) is 5.56 Å². The van der Waals surface area contributed by atoms with E-state index in [1.165, 1.54) is 6.07 Å². The van der Waals surface area contributed by atoms with Gasteiger partial charge in [-0.1, -0.05) is 11.3 Å². The second kappa shape index (κ2) is 5.59. The van der Waals surface area contributed by atoms with E-state index in [-0.39, 0.29) is 11.3 Å². The molecular weight excluding hydrogens is 248 g/mol. The molecule has 0 amide bonds. The minimum atomic E-state index is -0.559. The van der Waals surface area contributed by atoms with Gasteiger partial charge in [0.05, 0.1) is 17.7 Å². The van der Waals surface area contributed by atoms with E-state index >= 15 is 0 Å². The van der Waals surface area contributed by atoms with Gasteiger partial charge in [-0.15, -0.1) is 5.10 Å². The number of benzene rings is 1. The van der Waals surface area contributed by atoms with E-state index in [4.69, 9.17) is 5.26 Å². The summed E-state index contributed by atoms with van der Waals surface area (Å²) in [7, 11) is 0. The Labute approximate surface area is 108 Å². The first-order valence-electron chi connectivity index (χ1n) is 5.48. The van der Waals surface area contributed by atoms with Crippen LogP contribution in [0.3, 0.4) is 0 Å². The Morgan fingerprint density at radius 1 is 1.53 bits per heavy atom. The maximum Gasteiger partial charge on any atom is 0.309 e. The van der Waals surface area contributed by atoms with Gasteiger partial charge in [-0.25, -0.2) is 0 Å². The van der Waals surface area contributed by atoms with Crippen molar-refractivity contribution in [1.82, 2.24) is 15.0 Å². The molecule has 0 fully saturated rings. The SMILES string of the molecule is N#Cc1cccc(NCCn2ccnn2)c1[N+](=O)[O-]. The molecule has 2 aromatic rings. The zero-order chi connectivity index (χ0) is 13.7. The number of hydrogen-bond acceptors (Lipinski definition) is 6.